The van der Waals surface area contributed by atoms with Gasteiger partial charge in [0.25, 0.3) is 0 Å². The molecule has 3 heteroatoms. The quantitative estimate of drug-likeness (QED) is 0.746. The Hall–Kier alpha value is -0.930. The molecule has 1 saturated carbocycles. The first-order valence-electron chi connectivity index (χ1n) is 7.84. The lowest BCUT2D eigenvalue weighted by Gasteiger charge is -2.28. The molecule has 20 heavy (non-hydrogen) atoms. The number of hydrogen-bond donors (Lipinski definition) is 1. The minimum absolute atomic E-state index is 0.109. The second-order valence-electron chi connectivity index (χ2n) is 5.61. The fraction of sp³-hybridized carbons (Fsp3) is 0.647. The van der Waals surface area contributed by atoms with E-state index in [4.69, 9.17) is 4.74 Å². The standard InChI is InChI=1S/C17H26FNO/c1-3-11-19-16(17(20-4-2)13-9-10-13)12-14-7-5-6-8-15(14)18/h5-8,13,16-17,19H,3-4,9-12H2,1-2H3. The van der Waals surface area contributed by atoms with Crippen molar-refractivity contribution in [3.05, 3.63) is 35.6 Å². The summed E-state index contributed by atoms with van der Waals surface area (Å²) in [5.74, 6) is 0.540. The zero-order chi connectivity index (χ0) is 14.4. The van der Waals surface area contributed by atoms with E-state index in [1.165, 1.54) is 12.8 Å². The second kappa shape index (κ2) is 7.75. The van der Waals surface area contributed by atoms with Crippen LogP contribution in [0, 0.1) is 11.7 Å². The van der Waals surface area contributed by atoms with E-state index >= 15 is 0 Å². The van der Waals surface area contributed by atoms with Crippen LogP contribution in [0.1, 0.15) is 38.7 Å². The zero-order valence-corrected chi connectivity index (χ0v) is 12.6. The summed E-state index contributed by atoms with van der Waals surface area (Å²) in [4.78, 5) is 0. The molecule has 2 unspecified atom stereocenters. The van der Waals surface area contributed by atoms with Gasteiger partial charge >= 0.3 is 0 Å². The summed E-state index contributed by atoms with van der Waals surface area (Å²) in [6.45, 7) is 5.87. The monoisotopic (exact) mass is 279 g/mol. The average molecular weight is 279 g/mol. The molecule has 112 valence electrons. The van der Waals surface area contributed by atoms with E-state index in [1.54, 1.807) is 12.1 Å². The van der Waals surface area contributed by atoms with Crippen molar-refractivity contribution >= 4 is 0 Å². The highest BCUT2D eigenvalue weighted by atomic mass is 19.1. The Balaban J connectivity index is 2.07. The lowest BCUT2D eigenvalue weighted by molar-refractivity contribution is 0.0190. The van der Waals surface area contributed by atoms with E-state index in [2.05, 4.69) is 12.2 Å². The predicted molar refractivity (Wildman–Crippen MR) is 80.3 cm³/mol. The molecule has 0 saturated heterocycles. The Bertz CT molecular complexity index is 406. The van der Waals surface area contributed by atoms with Crippen molar-refractivity contribution in [2.24, 2.45) is 5.92 Å². The maximum absolute atomic E-state index is 13.9. The summed E-state index contributed by atoms with van der Waals surface area (Å²) in [6, 6.07) is 7.28. The van der Waals surface area contributed by atoms with Crippen molar-refractivity contribution in [2.45, 2.75) is 51.7 Å². The number of rotatable bonds is 9. The maximum atomic E-state index is 13.9. The largest absolute Gasteiger partial charge is 0.377 e. The molecule has 0 aromatic heterocycles. The lowest BCUT2D eigenvalue weighted by Crippen LogP contribution is -2.44. The Morgan fingerprint density at radius 2 is 2.05 bits per heavy atom. The van der Waals surface area contributed by atoms with Gasteiger partial charge in [0.05, 0.1) is 6.10 Å². The highest BCUT2D eigenvalue weighted by Crippen LogP contribution is 2.36. The van der Waals surface area contributed by atoms with E-state index in [-0.39, 0.29) is 18.0 Å². The van der Waals surface area contributed by atoms with Gasteiger partial charge in [-0.2, -0.15) is 0 Å². The van der Waals surface area contributed by atoms with Crippen LogP contribution < -0.4 is 5.32 Å². The fourth-order valence-corrected chi connectivity index (χ4v) is 2.73. The third-order valence-electron chi connectivity index (χ3n) is 3.90. The van der Waals surface area contributed by atoms with Crippen LogP contribution in [0.15, 0.2) is 24.3 Å². The van der Waals surface area contributed by atoms with E-state index < -0.39 is 0 Å². The first kappa shape index (κ1) is 15.5. The Kier molecular flexibility index (Phi) is 5.99. The fourth-order valence-electron chi connectivity index (χ4n) is 2.73. The third-order valence-corrected chi connectivity index (χ3v) is 3.90. The van der Waals surface area contributed by atoms with E-state index in [9.17, 15) is 4.39 Å². The number of hydrogen-bond acceptors (Lipinski definition) is 2. The summed E-state index contributed by atoms with van der Waals surface area (Å²) < 4.78 is 19.8. The Labute approximate surface area is 121 Å². The minimum Gasteiger partial charge on any atom is -0.377 e. The first-order valence-corrected chi connectivity index (χ1v) is 7.84. The molecule has 0 bridgehead atoms. The summed E-state index contributed by atoms with van der Waals surface area (Å²) >= 11 is 0. The van der Waals surface area contributed by atoms with Crippen molar-refractivity contribution in [1.82, 2.24) is 5.32 Å². The van der Waals surface area contributed by atoms with Crippen molar-refractivity contribution in [1.29, 1.82) is 0 Å². The highest BCUT2D eigenvalue weighted by Gasteiger charge is 2.37. The second-order valence-corrected chi connectivity index (χ2v) is 5.61. The van der Waals surface area contributed by atoms with Crippen molar-refractivity contribution in [3.63, 3.8) is 0 Å². The molecular weight excluding hydrogens is 253 g/mol. The van der Waals surface area contributed by atoms with Crippen LogP contribution in [-0.2, 0) is 11.2 Å². The van der Waals surface area contributed by atoms with E-state index in [0.717, 1.165) is 25.1 Å². The third kappa shape index (κ3) is 4.29. The zero-order valence-electron chi connectivity index (χ0n) is 12.6. The van der Waals surface area contributed by atoms with Gasteiger partial charge in [0.1, 0.15) is 5.82 Å². The van der Waals surface area contributed by atoms with Gasteiger partial charge in [0.2, 0.25) is 0 Å². The molecule has 2 rings (SSSR count). The molecule has 0 aliphatic heterocycles. The van der Waals surface area contributed by atoms with Crippen LogP contribution in [-0.4, -0.2) is 25.3 Å². The Morgan fingerprint density at radius 3 is 2.65 bits per heavy atom. The molecule has 0 amide bonds. The van der Waals surface area contributed by atoms with Crippen molar-refractivity contribution < 1.29 is 9.13 Å². The molecule has 0 spiro atoms. The van der Waals surface area contributed by atoms with Gasteiger partial charge in [-0.3, -0.25) is 0 Å². The van der Waals surface area contributed by atoms with Crippen LogP contribution in [0.3, 0.4) is 0 Å². The van der Waals surface area contributed by atoms with Gasteiger partial charge in [-0.15, -0.1) is 0 Å². The van der Waals surface area contributed by atoms with Crippen LogP contribution in [0.4, 0.5) is 4.39 Å². The minimum atomic E-state index is -0.109. The molecule has 2 atom stereocenters. The smallest absolute Gasteiger partial charge is 0.126 e. The van der Waals surface area contributed by atoms with E-state index in [0.29, 0.717) is 12.3 Å². The van der Waals surface area contributed by atoms with Gasteiger partial charge in [-0.05, 0) is 56.7 Å². The van der Waals surface area contributed by atoms with Crippen LogP contribution >= 0.6 is 0 Å². The van der Waals surface area contributed by atoms with Crippen molar-refractivity contribution in [2.75, 3.05) is 13.2 Å². The average Bonchev–Trinajstić information content (AvgIpc) is 3.28. The highest BCUT2D eigenvalue weighted by molar-refractivity contribution is 5.19. The normalized spacial score (nSPS) is 17.9. The summed E-state index contributed by atoms with van der Waals surface area (Å²) in [5.41, 5.74) is 0.784. The summed E-state index contributed by atoms with van der Waals surface area (Å²) in [7, 11) is 0. The number of halogens is 1. The number of benzene rings is 1. The molecule has 1 fully saturated rings. The van der Waals surface area contributed by atoms with Crippen LogP contribution in [0.2, 0.25) is 0 Å². The van der Waals surface area contributed by atoms with Crippen LogP contribution in [0.25, 0.3) is 0 Å². The van der Waals surface area contributed by atoms with Gasteiger partial charge in [-0.25, -0.2) is 4.39 Å². The lowest BCUT2D eigenvalue weighted by atomic mass is 9.97. The molecule has 0 radical (unpaired) electrons. The Morgan fingerprint density at radius 1 is 1.30 bits per heavy atom. The molecule has 0 heterocycles. The molecule has 1 aromatic rings. The topological polar surface area (TPSA) is 21.3 Å². The number of nitrogens with one attached hydrogen (secondary N) is 1. The van der Waals surface area contributed by atoms with Gasteiger partial charge < -0.3 is 10.1 Å². The SMILES string of the molecule is CCCNC(Cc1ccccc1F)C(OCC)C1CC1. The molecule has 1 aliphatic rings. The molecular formula is C17H26FNO. The molecule has 1 aliphatic carbocycles. The number of ether oxygens (including phenoxy) is 1. The molecule has 1 N–H and O–H groups in total. The van der Waals surface area contributed by atoms with Crippen LogP contribution in [0.5, 0.6) is 0 Å². The van der Waals surface area contributed by atoms with Gasteiger partial charge in [0, 0.05) is 12.6 Å². The van der Waals surface area contributed by atoms with Gasteiger partial charge in [-0.1, -0.05) is 25.1 Å². The van der Waals surface area contributed by atoms with E-state index in [1.807, 2.05) is 19.1 Å². The first-order chi connectivity index (χ1) is 9.76. The molecule has 1 aromatic carbocycles. The van der Waals surface area contributed by atoms with Crippen molar-refractivity contribution in [3.8, 4) is 0 Å². The molecule has 2 nitrogen and oxygen atoms in total. The summed E-state index contributed by atoms with van der Waals surface area (Å²) in [5, 5.41) is 3.56. The summed E-state index contributed by atoms with van der Waals surface area (Å²) in [6.07, 6.45) is 4.48. The van der Waals surface area contributed by atoms with Gasteiger partial charge in [0.15, 0.2) is 0 Å². The maximum Gasteiger partial charge on any atom is 0.126 e. The predicted octanol–water partition coefficient (Wildman–Crippen LogP) is 3.55.